The van der Waals surface area contributed by atoms with Crippen LogP contribution in [-0.4, -0.2) is 23.4 Å². The van der Waals surface area contributed by atoms with Gasteiger partial charge in [-0.3, -0.25) is 0 Å². The number of nitrogens with one attached hydrogen (secondary N) is 2. The number of H-pyrrole nitrogens is 1. The van der Waals surface area contributed by atoms with Gasteiger partial charge >= 0.3 is 5.76 Å². The summed E-state index contributed by atoms with van der Waals surface area (Å²) in [4.78, 5) is 12.4. The fourth-order valence-electron chi connectivity index (χ4n) is 3.49. The maximum Gasteiger partial charge on any atom is 0.434 e. The van der Waals surface area contributed by atoms with Crippen LogP contribution in [-0.2, 0) is 0 Å². The zero-order chi connectivity index (χ0) is 21.3. The molecule has 0 fully saturated rings. The van der Waals surface area contributed by atoms with Gasteiger partial charge in [-0.05, 0) is 66.8 Å². The van der Waals surface area contributed by atoms with Crippen LogP contribution < -0.4 is 20.0 Å². The van der Waals surface area contributed by atoms with E-state index in [1.165, 1.54) is 18.0 Å². The number of aryl methyl sites for hydroxylation is 1. The van der Waals surface area contributed by atoms with Crippen LogP contribution in [0, 0.1) is 19.7 Å². The van der Waals surface area contributed by atoms with Gasteiger partial charge in [0.25, 0.3) is 0 Å². The summed E-state index contributed by atoms with van der Waals surface area (Å²) in [5.74, 6) is 0.212. The third-order valence-corrected chi connectivity index (χ3v) is 6.09. The van der Waals surface area contributed by atoms with Crippen LogP contribution in [0.1, 0.15) is 41.5 Å². The van der Waals surface area contributed by atoms with Gasteiger partial charge in [0.05, 0.1) is 0 Å². The molecule has 0 saturated heterocycles. The van der Waals surface area contributed by atoms with E-state index in [9.17, 15) is 9.18 Å². The molecule has 2 aromatic carbocycles. The van der Waals surface area contributed by atoms with E-state index in [4.69, 9.17) is 13.9 Å². The second-order valence-corrected chi connectivity index (χ2v) is 8.06. The van der Waals surface area contributed by atoms with E-state index in [0.717, 1.165) is 16.0 Å². The monoisotopic (exact) mass is 431 g/mol. The lowest BCUT2D eigenvalue weighted by Crippen LogP contribution is -2.23. The number of nitrogens with zero attached hydrogens (tertiary/aromatic N) is 1. The molecule has 1 aromatic heterocycles. The lowest BCUT2D eigenvalue weighted by molar-refractivity contribution is 0.171. The van der Waals surface area contributed by atoms with Gasteiger partial charge in [-0.15, -0.1) is 5.10 Å². The number of ether oxygens (including phenoxy) is 2. The number of hydrogen-bond donors (Lipinski definition) is 2. The largest absolute Gasteiger partial charge is 0.486 e. The highest BCUT2D eigenvalue weighted by molar-refractivity contribution is 7.97. The van der Waals surface area contributed by atoms with E-state index in [0.29, 0.717) is 30.3 Å². The zero-order valence-corrected chi connectivity index (χ0v) is 17.6. The lowest BCUT2D eigenvalue weighted by atomic mass is 9.88. The number of hydrogen-bond acceptors (Lipinski definition) is 7. The number of fused-ring (bicyclic) bond motifs is 1. The first kappa shape index (κ1) is 20.5. The molecule has 30 heavy (non-hydrogen) atoms. The van der Waals surface area contributed by atoms with Crippen LogP contribution in [0.5, 0.6) is 11.5 Å². The van der Waals surface area contributed by atoms with Gasteiger partial charge in [0, 0.05) is 10.8 Å². The summed E-state index contributed by atoms with van der Waals surface area (Å²) in [6, 6.07) is 8.26. The standard InChI is InChI=1S/C21H22FN3O4S/c1-11-4-6-15(22)18(12(11)2)13(3)19(20-23-24-21(26)29-20)25-30-14-5-7-16-17(10-14)28-9-8-27-16/h4-7,10,13,19,25H,8-9H2,1-3H3,(H,24,26). The zero-order valence-electron chi connectivity index (χ0n) is 16.8. The number of aromatic amines is 1. The first-order chi connectivity index (χ1) is 14.4. The smallest absolute Gasteiger partial charge is 0.434 e. The minimum absolute atomic E-state index is 0.165. The lowest BCUT2D eigenvalue weighted by Gasteiger charge is -2.25. The first-order valence-electron chi connectivity index (χ1n) is 9.57. The highest BCUT2D eigenvalue weighted by Gasteiger charge is 2.29. The molecule has 0 radical (unpaired) electrons. The molecule has 0 saturated carbocycles. The second kappa shape index (κ2) is 8.53. The number of rotatable bonds is 6. The summed E-state index contributed by atoms with van der Waals surface area (Å²) in [6.07, 6.45) is 0. The summed E-state index contributed by atoms with van der Waals surface area (Å²) in [7, 11) is 0. The molecule has 2 N–H and O–H groups in total. The first-order valence-corrected chi connectivity index (χ1v) is 10.4. The topological polar surface area (TPSA) is 89.4 Å². The van der Waals surface area contributed by atoms with Crippen LogP contribution in [0.15, 0.2) is 44.4 Å². The van der Waals surface area contributed by atoms with Gasteiger partial charge in [-0.25, -0.2) is 19.0 Å². The van der Waals surface area contributed by atoms with Crippen molar-refractivity contribution in [3.8, 4) is 11.5 Å². The predicted octanol–water partition coefficient (Wildman–Crippen LogP) is 4.03. The fraction of sp³-hybridized carbons (Fsp3) is 0.333. The van der Waals surface area contributed by atoms with Crippen molar-refractivity contribution in [3.63, 3.8) is 0 Å². The number of halogens is 1. The van der Waals surface area contributed by atoms with E-state index < -0.39 is 11.8 Å². The molecule has 158 valence electrons. The average Bonchev–Trinajstić information content (AvgIpc) is 3.17. The second-order valence-electron chi connectivity index (χ2n) is 7.15. The molecule has 0 spiro atoms. The number of aromatic nitrogens is 2. The minimum Gasteiger partial charge on any atom is -0.486 e. The molecule has 9 heteroatoms. The minimum atomic E-state index is -0.658. The Labute approximate surface area is 177 Å². The van der Waals surface area contributed by atoms with Crippen LogP contribution in [0.3, 0.4) is 0 Å². The average molecular weight is 431 g/mol. The third-order valence-electron chi connectivity index (χ3n) is 5.23. The van der Waals surface area contributed by atoms with Crippen molar-refractivity contribution in [3.05, 3.63) is 69.3 Å². The molecule has 2 atom stereocenters. The molecule has 1 aliphatic rings. The van der Waals surface area contributed by atoms with Gasteiger partial charge in [0.15, 0.2) is 11.5 Å². The van der Waals surface area contributed by atoms with Gasteiger partial charge in [-0.2, -0.15) is 0 Å². The highest BCUT2D eigenvalue weighted by atomic mass is 32.2. The molecule has 7 nitrogen and oxygen atoms in total. The van der Waals surface area contributed by atoms with Crippen LogP contribution in [0.4, 0.5) is 4.39 Å². The molecule has 4 rings (SSSR count). The van der Waals surface area contributed by atoms with Gasteiger partial charge in [-0.1, -0.05) is 13.0 Å². The molecule has 2 unspecified atom stereocenters. The van der Waals surface area contributed by atoms with E-state index in [1.54, 1.807) is 6.07 Å². The molecule has 3 aromatic rings. The molecule has 0 amide bonds. The highest BCUT2D eigenvalue weighted by Crippen LogP contribution is 2.38. The van der Waals surface area contributed by atoms with Crippen molar-refractivity contribution < 1.29 is 18.3 Å². The Morgan fingerprint density at radius 2 is 1.93 bits per heavy atom. The van der Waals surface area contributed by atoms with Crippen molar-refractivity contribution in [1.29, 1.82) is 0 Å². The van der Waals surface area contributed by atoms with Crippen LogP contribution >= 0.6 is 11.9 Å². The van der Waals surface area contributed by atoms with E-state index in [-0.39, 0.29) is 17.6 Å². The number of benzene rings is 2. The van der Waals surface area contributed by atoms with E-state index in [1.807, 2.05) is 39.0 Å². The molecule has 0 bridgehead atoms. The van der Waals surface area contributed by atoms with Gasteiger partial charge in [0.1, 0.15) is 25.1 Å². The maximum atomic E-state index is 14.7. The quantitative estimate of drug-likeness (QED) is 0.570. The Bertz CT molecular complexity index is 1110. The Morgan fingerprint density at radius 3 is 2.67 bits per heavy atom. The Kier molecular flexibility index (Phi) is 5.83. The van der Waals surface area contributed by atoms with Crippen LogP contribution in [0.25, 0.3) is 0 Å². The summed E-state index contributed by atoms with van der Waals surface area (Å²) < 4.78 is 34.4. The summed E-state index contributed by atoms with van der Waals surface area (Å²) in [6.45, 7) is 6.72. The molecular weight excluding hydrogens is 409 g/mol. The summed E-state index contributed by atoms with van der Waals surface area (Å²) in [5.41, 5.74) is 2.40. The van der Waals surface area contributed by atoms with Crippen molar-refractivity contribution in [2.75, 3.05) is 13.2 Å². The SMILES string of the molecule is Cc1ccc(F)c(C(C)C(NSc2ccc3c(c2)OCCO3)c2n[nH]c(=O)o2)c1C. The van der Waals surface area contributed by atoms with E-state index >= 15 is 0 Å². The summed E-state index contributed by atoms with van der Waals surface area (Å²) >= 11 is 1.32. The Hall–Kier alpha value is -2.78. The summed E-state index contributed by atoms with van der Waals surface area (Å²) in [5, 5.41) is 6.26. The van der Waals surface area contributed by atoms with Crippen molar-refractivity contribution in [2.45, 2.75) is 37.6 Å². The normalized spacial score (nSPS) is 15.1. The van der Waals surface area contributed by atoms with Gasteiger partial charge in [0.2, 0.25) is 5.89 Å². The predicted molar refractivity (Wildman–Crippen MR) is 111 cm³/mol. The molecule has 0 aliphatic carbocycles. The molecular formula is C21H22FN3O4S. The van der Waals surface area contributed by atoms with Gasteiger partial charge < -0.3 is 13.9 Å². The van der Waals surface area contributed by atoms with Crippen molar-refractivity contribution in [1.82, 2.24) is 14.9 Å². The molecule has 1 aliphatic heterocycles. The van der Waals surface area contributed by atoms with E-state index in [2.05, 4.69) is 14.9 Å². The Morgan fingerprint density at radius 1 is 1.17 bits per heavy atom. The fourth-order valence-corrected chi connectivity index (χ4v) is 4.36. The maximum absolute atomic E-state index is 14.7. The third kappa shape index (κ3) is 4.08. The molecule has 2 heterocycles. The van der Waals surface area contributed by atoms with Crippen molar-refractivity contribution in [2.24, 2.45) is 0 Å². The van der Waals surface area contributed by atoms with Crippen molar-refractivity contribution >= 4 is 11.9 Å². The van der Waals surface area contributed by atoms with Crippen LogP contribution in [0.2, 0.25) is 0 Å². The Balaban J connectivity index is 1.63.